The monoisotopic (exact) mass is 354 g/mol. The van der Waals surface area contributed by atoms with Crippen LogP contribution < -0.4 is 10.0 Å². The van der Waals surface area contributed by atoms with E-state index in [2.05, 4.69) is 10.0 Å². The number of nitrogens with one attached hydrogen (secondary N) is 2. The number of piperidine rings is 1. The summed E-state index contributed by atoms with van der Waals surface area (Å²) in [4.78, 5) is 12.5. The standard InChI is InChI=1S/C17H26N2O4S/c1-3-23-16(20)17(7-9-18-10-8-17)12-14-5-4-6-15(11-14)13-19-24(2,21)22/h4-6,11,18-19H,3,7-10,12-13H2,1-2H3. The topological polar surface area (TPSA) is 84.5 Å². The van der Waals surface area contributed by atoms with Crippen molar-refractivity contribution in [2.75, 3.05) is 26.0 Å². The molecule has 0 atom stereocenters. The number of ether oxygens (including phenoxy) is 1. The number of hydrogen-bond donors (Lipinski definition) is 2. The molecule has 134 valence electrons. The average molecular weight is 354 g/mol. The second kappa shape index (κ2) is 8.09. The van der Waals surface area contributed by atoms with E-state index in [4.69, 9.17) is 4.74 Å². The van der Waals surface area contributed by atoms with Crippen LogP contribution in [0.3, 0.4) is 0 Å². The molecule has 1 aliphatic heterocycles. The minimum Gasteiger partial charge on any atom is -0.466 e. The minimum absolute atomic E-state index is 0.133. The number of sulfonamides is 1. The third-order valence-corrected chi connectivity index (χ3v) is 5.01. The first-order valence-corrected chi connectivity index (χ1v) is 10.1. The maximum Gasteiger partial charge on any atom is 0.312 e. The molecule has 2 rings (SSSR count). The lowest BCUT2D eigenvalue weighted by atomic mass is 9.74. The van der Waals surface area contributed by atoms with Crippen molar-refractivity contribution in [3.05, 3.63) is 35.4 Å². The Kier molecular flexibility index (Phi) is 6.37. The fourth-order valence-corrected chi connectivity index (χ4v) is 3.53. The average Bonchev–Trinajstić information content (AvgIpc) is 2.54. The normalized spacial score (nSPS) is 17.4. The molecule has 0 amide bonds. The van der Waals surface area contributed by atoms with E-state index in [0.29, 0.717) is 13.0 Å². The van der Waals surface area contributed by atoms with Crippen molar-refractivity contribution in [1.29, 1.82) is 0 Å². The lowest BCUT2D eigenvalue weighted by Gasteiger charge is -2.35. The largest absolute Gasteiger partial charge is 0.466 e. The van der Waals surface area contributed by atoms with Gasteiger partial charge in [0.05, 0.1) is 18.3 Å². The Morgan fingerprint density at radius 1 is 1.29 bits per heavy atom. The SMILES string of the molecule is CCOC(=O)C1(Cc2cccc(CNS(C)(=O)=O)c2)CCNCC1. The summed E-state index contributed by atoms with van der Waals surface area (Å²) in [5, 5.41) is 3.29. The Hall–Kier alpha value is -1.44. The zero-order chi connectivity index (χ0) is 17.6. The number of carbonyl (C=O) groups excluding carboxylic acids is 1. The Morgan fingerprint density at radius 3 is 2.58 bits per heavy atom. The number of carbonyl (C=O) groups is 1. The smallest absolute Gasteiger partial charge is 0.312 e. The number of hydrogen-bond acceptors (Lipinski definition) is 5. The van der Waals surface area contributed by atoms with Crippen LogP contribution in [-0.4, -0.2) is 40.3 Å². The highest BCUT2D eigenvalue weighted by atomic mass is 32.2. The summed E-state index contributed by atoms with van der Waals surface area (Å²) in [6, 6.07) is 7.71. The molecule has 1 heterocycles. The van der Waals surface area contributed by atoms with Crippen LogP contribution in [-0.2, 0) is 32.5 Å². The molecule has 7 heteroatoms. The zero-order valence-electron chi connectivity index (χ0n) is 14.3. The second-order valence-electron chi connectivity index (χ2n) is 6.34. The molecule has 0 radical (unpaired) electrons. The summed E-state index contributed by atoms with van der Waals surface area (Å²) in [5.41, 5.74) is 1.41. The summed E-state index contributed by atoms with van der Waals surface area (Å²) in [5.74, 6) is -0.133. The van der Waals surface area contributed by atoms with Gasteiger partial charge in [-0.3, -0.25) is 4.79 Å². The molecule has 2 N–H and O–H groups in total. The third kappa shape index (κ3) is 5.29. The van der Waals surface area contributed by atoms with Crippen molar-refractivity contribution in [2.24, 2.45) is 5.41 Å². The second-order valence-corrected chi connectivity index (χ2v) is 8.17. The summed E-state index contributed by atoms with van der Waals surface area (Å²) in [6.07, 6.45) is 3.25. The Labute approximate surface area is 144 Å². The van der Waals surface area contributed by atoms with Crippen molar-refractivity contribution >= 4 is 16.0 Å². The summed E-state index contributed by atoms with van der Waals surface area (Å²) in [7, 11) is -3.23. The fraction of sp³-hybridized carbons (Fsp3) is 0.588. The quantitative estimate of drug-likeness (QED) is 0.719. The van der Waals surface area contributed by atoms with E-state index in [9.17, 15) is 13.2 Å². The molecule has 0 bridgehead atoms. The van der Waals surface area contributed by atoms with Gasteiger partial charge in [-0.25, -0.2) is 13.1 Å². The molecule has 0 unspecified atom stereocenters. The van der Waals surface area contributed by atoms with Gasteiger partial charge in [0.1, 0.15) is 0 Å². The van der Waals surface area contributed by atoms with Crippen molar-refractivity contribution in [3.63, 3.8) is 0 Å². The first-order valence-electron chi connectivity index (χ1n) is 8.25. The molecule has 0 saturated carbocycles. The lowest BCUT2D eigenvalue weighted by molar-refractivity contribution is -0.157. The Bertz CT molecular complexity index is 667. The van der Waals surface area contributed by atoms with Crippen molar-refractivity contribution in [3.8, 4) is 0 Å². The fourth-order valence-electron chi connectivity index (χ4n) is 3.10. The lowest BCUT2D eigenvalue weighted by Crippen LogP contribution is -2.44. The van der Waals surface area contributed by atoms with Crippen LogP contribution in [0.15, 0.2) is 24.3 Å². The first-order chi connectivity index (χ1) is 11.3. The van der Waals surface area contributed by atoms with Crippen LogP contribution in [0.25, 0.3) is 0 Å². The van der Waals surface area contributed by atoms with Crippen LogP contribution in [0.1, 0.15) is 30.9 Å². The van der Waals surface area contributed by atoms with Crippen LogP contribution in [0, 0.1) is 5.41 Å². The molecule has 1 aromatic carbocycles. The van der Waals surface area contributed by atoms with Crippen molar-refractivity contribution in [2.45, 2.75) is 32.7 Å². The van der Waals surface area contributed by atoms with Gasteiger partial charge < -0.3 is 10.1 Å². The van der Waals surface area contributed by atoms with Crippen LogP contribution in [0.5, 0.6) is 0 Å². The molecule has 1 saturated heterocycles. The van der Waals surface area contributed by atoms with E-state index in [1.165, 1.54) is 0 Å². The predicted molar refractivity (Wildman–Crippen MR) is 93.0 cm³/mol. The van der Waals surface area contributed by atoms with E-state index in [0.717, 1.165) is 43.3 Å². The summed E-state index contributed by atoms with van der Waals surface area (Å²) < 4.78 is 30.3. The molecule has 1 aliphatic rings. The number of benzene rings is 1. The molecule has 24 heavy (non-hydrogen) atoms. The van der Waals surface area contributed by atoms with Gasteiger partial charge in [0.2, 0.25) is 10.0 Å². The molecule has 1 aromatic rings. The molecule has 6 nitrogen and oxygen atoms in total. The van der Waals surface area contributed by atoms with Crippen molar-refractivity contribution < 1.29 is 17.9 Å². The Morgan fingerprint density at radius 2 is 1.96 bits per heavy atom. The highest BCUT2D eigenvalue weighted by Gasteiger charge is 2.40. The first kappa shape index (κ1) is 18.9. The van der Waals surface area contributed by atoms with Crippen LogP contribution in [0.4, 0.5) is 0 Å². The van der Waals surface area contributed by atoms with E-state index >= 15 is 0 Å². The molecule has 0 aliphatic carbocycles. The van der Waals surface area contributed by atoms with Crippen molar-refractivity contribution in [1.82, 2.24) is 10.0 Å². The van der Waals surface area contributed by atoms with Gasteiger partial charge in [-0.15, -0.1) is 0 Å². The maximum absolute atomic E-state index is 12.5. The van der Waals surface area contributed by atoms with Gasteiger partial charge in [-0.05, 0) is 50.4 Å². The van der Waals surface area contributed by atoms with Crippen LogP contribution >= 0.6 is 0 Å². The van der Waals surface area contributed by atoms with E-state index in [1.54, 1.807) is 0 Å². The number of esters is 1. The minimum atomic E-state index is -3.23. The van der Waals surface area contributed by atoms with Gasteiger partial charge >= 0.3 is 5.97 Å². The van der Waals surface area contributed by atoms with E-state index in [1.807, 2.05) is 31.2 Å². The maximum atomic E-state index is 12.5. The van der Waals surface area contributed by atoms with Gasteiger partial charge in [-0.1, -0.05) is 24.3 Å². The van der Waals surface area contributed by atoms with Gasteiger partial charge in [0.15, 0.2) is 0 Å². The van der Waals surface area contributed by atoms with Crippen LogP contribution in [0.2, 0.25) is 0 Å². The summed E-state index contributed by atoms with van der Waals surface area (Å²) in [6.45, 7) is 4.05. The van der Waals surface area contributed by atoms with Gasteiger partial charge in [0, 0.05) is 6.54 Å². The highest BCUT2D eigenvalue weighted by Crippen LogP contribution is 2.34. The molecule has 1 fully saturated rings. The molecule has 0 spiro atoms. The number of rotatable bonds is 7. The van der Waals surface area contributed by atoms with E-state index < -0.39 is 15.4 Å². The summed E-state index contributed by atoms with van der Waals surface area (Å²) >= 11 is 0. The molecular weight excluding hydrogens is 328 g/mol. The molecule has 0 aromatic heterocycles. The Balaban J connectivity index is 2.15. The highest BCUT2D eigenvalue weighted by molar-refractivity contribution is 7.88. The zero-order valence-corrected chi connectivity index (χ0v) is 15.1. The van der Waals surface area contributed by atoms with Gasteiger partial charge in [-0.2, -0.15) is 0 Å². The predicted octanol–water partition coefficient (Wildman–Crippen LogP) is 1.21. The third-order valence-electron chi connectivity index (χ3n) is 4.34. The molecular formula is C17H26N2O4S. The van der Waals surface area contributed by atoms with E-state index in [-0.39, 0.29) is 12.5 Å². The van der Waals surface area contributed by atoms with Gasteiger partial charge in [0.25, 0.3) is 0 Å².